The number of anilines is 1. The van der Waals surface area contributed by atoms with Crippen molar-refractivity contribution < 1.29 is 38.3 Å². The summed E-state index contributed by atoms with van der Waals surface area (Å²) in [5, 5.41) is 8.13. The standard InChI is InChI=1S/C33H47N5O8/c1-21(2)30(37-27(40)10-6-5-7-18-38-28(41)15-16-29(38)42)26(39)19-24(9-8-17-35-33(34)45)31(43)36-25-13-11-23(12-14-25)20-46-32(44)22(3)4/h11-16,21-22,24,30H,5-10,17-20H2,1-4H3,(H,36,43)(H,37,40)(H3,34,35,45)/t24-,30+/m1/s1. The lowest BCUT2D eigenvalue weighted by molar-refractivity contribution is -0.148. The van der Waals surface area contributed by atoms with Crippen molar-refractivity contribution in [3.05, 3.63) is 42.0 Å². The second-order valence-electron chi connectivity index (χ2n) is 12.0. The first-order valence-electron chi connectivity index (χ1n) is 15.7. The highest BCUT2D eigenvalue weighted by molar-refractivity contribution is 6.12. The smallest absolute Gasteiger partial charge is 0.312 e. The molecule has 0 radical (unpaired) electrons. The normalized spacial score (nSPS) is 13.9. The topological polar surface area (TPSA) is 194 Å². The summed E-state index contributed by atoms with van der Waals surface area (Å²) < 4.78 is 5.23. The minimum absolute atomic E-state index is 0.107. The Bertz CT molecular complexity index is 1260. The largest absolute Gasteiger partial charge is 0.461 e. The molecule has 2 rings (SSSR count). The fraction of sp³-hybridized carbons (Fsp3) is 0.545. The molecule has 2 atom stereocenters. The van der Waals surface area contributed by atoms with E-state index in [1.165, 1.54) is 12.2 Å². The number of Topliss-reactive ketones (excluding diaryl/α,β-unsaturated/α-hetero) is 1. The van der Waals surface area contributed by atoms with Crippen LogP contribution in [0.4, 0.5) is 10.5 Å². The zero-order valence-electron chi connectivity index (χ0n) is 27.1. The molecule has 252 valence electrons. The van der Waals surface area contributed by atoms with Crippen LogP contribution in [-0.4, -0.2) is 65.4 Å². The van der Waals surface area contributed by atoms with Gasteiger partial charge in [-0.2, -0.15) is 0 Å². The molecule has 1 aliphatic rings. The van der Waals surface area contributed by atoms with Crippen molar-refractivity contribution in [1.82, 2.24) is 15.5 Å². The number of ketones is 1. The summed E-state index contributed by atoms with van der Waals surface area (Å²) in [4.78, 5) is 86.7. The molecule has 1 aromatic carbocycles. The number of esters is 1. The van der Waals surface area contributed by atoms with E-state index < -0.39 is 18.0 Å². The van der Waals surface area contributed by atoms with Crippen LogP contribution in [0.5, 0.6) is 0 Å². The van der Waals surface area contributed by atoms with Crippen LogP contribution >= 0.6 is 0 Å². The van der Waals surface area contributed by atoms with Gasteiger partial charge in [0, 0.05) is 49.7 Å². The third kappa shape index (κ3) is 13.2. The van der Waals surface area contributed by atoms with Crippen molar-refractivity contribution in [3.8, 4) is 0 Å². The average molecular weight is 642 g/mol. The molecule has 13 heteroatoms. The minimum Gasteiger partial charge on any atom is -0.461 e. The number of amides is 6. The SMILES string of the molecule is CC(C)C(=O)OCc1ccc(NC(=O)[C@H](CCCNC(N)=O)CC(=O)[C@@H](NC(=O)CCCCCN2C(=O)C=CC2=O)C(C)C)cc1. The summed E-state index contributed by atoms with van der Waals surface area (Å²) in [5.74, 6) is -3.16. The molecule has 1 heterocycles. The maximum atomic E-state index is 13.4. The van der Waals surface area contributed by atoms with E-state index in [9.17, 15) is 33.6 Å². The van der Waals surface area contributed by atoms with Gasteiger partial charge in [-0.05, 0) is 49.3 Å². The van der Waals surface area contributed by atoms with E-state index >= 15 is 0 Å². The van der Waals surface area contributed by atoms with Crippen LogP contribution in [0.3, 0.4) is 0 Å². The third-order valence-electron chi connectivity index (χ3n) is 7.44. The molecule has 0 saturated carbocycles. The lowest BCUT2D eigenvalue weighted by Crippen LogP contribution is -2.45. The van der Waals surface area contributed by atoms with Crippen LogP contribution in [0, 0.1) is 17.8 Å². The van der Waals surface area contributed by atoms with Gasteiger partial charge in [0.15, 0.2) is 5.78 Å². The number of hydrogen-bond acceptors (Lipinski definition) is 8. The molecule has 0 saturated heterocycles. The van der Waals surface area contributed by atoms with Crippen LogP contribution in [-0.2, 0) is 40.1 Å². The number of benzene rings is 1. The van der Waals surface area contributed by atoms with Crippen molar-refractivity contribution in [2.45, 2.75) is 85.3 Å². The van der Waals surface area contributed by atoms with Crippen LogP contribution in [0.25, 0.3) is 0 Å². The van der Waals surface area contributed by atoms with E-state index in [0.29, 0.717) is 31.4 Å². The van der Waals surface area contributed by atoms with Crippen LogP contribution < -0.4 is 21.7 Å². The Kier molecular flexibility index (Phi) is 15.6. The number of ether oxygens (including phenoxy) is 1. The fourth-order valence-corrected chi connectivity index (χ4v) is 4.75. The number of nitrogens with one attached hydrogen (secondary N) is 3. The van der Waals surface area contributed by atoms with E-state index in [2.05, 4.69) is 16.0 Å². The first-order valence-corrected chi connectivity index (χ1v) is 15.7. The second-order valence-corrected chi connectivity index (χ2v) is 12.0. The number of rotatable bonds is 20. The number of nitrogens with zero attached hydrogens (tertiary/aromatic N) is 1. The molecule has 0 fully saturated rings. The number of primary amides is 1. The first kappa shape index (κ1) is 37.6. The van der Waals surface area contributed by atoms with Crippen molar-refractivity contribution >= 4 is 47.1 Å². The highest BCUT2D eigenvalue weighted by Crippen LogP contribution is 2.20. The molecular formula is C33H47N5O8. The predicted molar refractivity (Wildman–Crippen MR) is 171 cm³/mol. The number of carbonyl (C=O) groups excluding carboxylic acids is 7. The van der Waals surface area contributed by atoms with E-state index in [1.54, 1.807) is 38.1 Å². The van der Waals surface area contributed by atoms with E-state index in [1.807, 2.05) is 13.8 Å². The summed E-state index contributed by atoms with van der Waals surface area (Å²) in [6.07, 6.45) is 4.91. The number of urea groups is 1. The summed E-state index contributed by atoms with van der Waals surface area (Å²) in [6.45, 7) is 7.75. The van der Waals surface area contributed by atoms with Gasteiger partial charge in [0.05, 0.1) is 12.0 Å². The summed E-state index contributed by atoms with van der Waals surface area (Å²) in [7, 11) is 0. The Morgan fingerprint density at radius 2 is 1.54 bits per heavy atom. The molecular weight excluding hydrogens is 594 g/mol. The molecule has 5 N–H and O–H groups in total. The van der Waals surface area contributed by atoms with Crippen molar-refractivity contribution in [2.75, 3.05) is 18.4 Å². The number of hydrogen-bond donors (Lipinski definition) is 4. The highest BCUT2D eigenvalue weighted by Gasteiger charge is 2.29. The minimum atomic E-state index is -0.801. The Balaban J connectivity index is 1.95. The van der Waals surface area contributed by atoms with Gasteiger partial charge in [0.25, 0.3) is 11.8 Å². The molecule has 1 aliphatic heterocycles. The Hall–Kier alpha value is -4.55. The van der Waals surface area contributed by atoms with Crippen molar-refractivity contribution in [1.29, 1.82) is 0 Å². The molecule has 6 amide bonds. The molecule has 0 aliphatic carbocycles. The Morgan fingerprint density at radius 1 is 0.891 bits per heavy atom. The van der Waals surface area contributed by atoms with Gasteiger partial charge < -0.3 is 26.4 Å². The van der Waals surface area contributed by atoms with Gasteiger partial charge in [-0.25, -0.2) is 4.79 Å². The lowest BCUT2D eigenvalue weighted by Gasteiger charge is -2.24. The second kappa shape index (κ2) is 19.1. The molecule has 0 spiro atoms. The van der Waals surface area contributed by atoms with E-state index in [4.69, 9.17) is 10.5 Å². The summed E-state index contributed by atoms with van der Waals surface area (Å²) >= 11 is 0. The highest BCUT2D eigenvalue weighted by atomic mass is 16.5. The number of nitrogens with two attached hydrogens (primary N) is 1. The lowest BCUT2D eigenvalue weighted by atomic mass is 9.89. The van der Waals surface area contributed by atoms with Crippen molar-refractivity contribution in [3.63, 3.8) is 0 Å². The quantitative estimate of drug-likeness (QED) is 0.0948. The van der Waals surface area contributed by atoms with Gasteiger partial charge >= 0.3 is 12.0 Å². The zero-order chi connectivity index (χ0) is 34.2. The molecule has 0 unspecified atom stereocenters. The Morgan fingerprint density at radius 3 is 2.13 bits per heavy atom. The summed E-state index contributed by atoms with van der Waals surface area (Å²) in [5.41, 5.74) is 6.40. The van der Waals surface area contributed by atoms with Gasteiger partial charge in [-0.15, -0.1) is 0 Å². The maximum absolute atomic E-state index is 13.4. The average Bonchev–Trinajstić information content (AvgIpc) is 3.32. The van der Waals surface area contributed by atoms with Crippen LogP contribution in [0.15, 0.2) is 36.4 Å². The number of unbranched alkanes of at least 4 members (excludes halogenated alkanes) is 2. The third-order valence-corrected chi connectivity index (χ3v) is 7.44. The Labute approximate surface area is 270 Å². The monoisotopic (exact) mass is 641 g/mol. The molecule has 13 nitrogen and oxygen atoms in total. The van der Waals surface area contributed by atoms with E-state index in [0.717, 1.165) is 10.5 Å². The van der Waals surface area contributed by atoms with Gasteiger partial charge in [0.2, 0.25) is 11.8 Å². The predicted octanol–water partition coefficient (Wildman–Crippen LogP) is 2.97. The van der Waals surface area contributed by atoms with Gasteiger partial charge in [0.1, 0.15) is 6.61 Å². The molecule has 1 aromatic rings. The maximum Gasteiger partial charge on any atom is 0.312 e. The van der Waals surface area contributed by atoms with Gasteiger partial charge in [-0.1, -0.05) is 46.2 Å². The summed E-state index contributed by atoms with van der Waals surface area (Å²) in [6, 6.07) is 5.33. The fourth-order valence-electron chi connectivity index (χ4n) is 4.75. The molecule has 46 heavy (non-hydrogen) atoms. The zero-order valence-corrected chi connectivity index (χ0v) is 27.1. The first-order chi connectivity index (χ1) is 21.8. The van der Waals surface area contributed by atoms with E-state index in [-0.39, 0.29) is 86.2 Å². The molecule has 0 bridgehead atoms. The van der Waals surface area contributed by atoms with Gasteiger partial charge in [-0.3, -0.25) is 33.7 Å². The number of carbonyl (C=O) groups is 7. The van der Waals surface area contributed by atoms with Crippen molar-refractivity contribution in [2.24, 2.45) is 23.5 Å². The number of imide groups is 1. The van der Waals surface area contributed by atoms with Crippen LogP contribution in [0.1, 0.15) is 78.2 Å². The van der Waals surface area contributed by atoms with Crippen LogP contribution in [0.2, 0.25) is 0 Å². The molecule has 0 aromatic heterocycles.